The number of benzene rings is 1. The Morgan fingerprint density at radius 2 is 2.14 bits per heavy atom. The van der Waals surface area contributed by atoms with E-state index in [1.807, 2.05) is 0 Å². The number of rotatable bonds is 5. The number of nitrogens with one attached hydrogen (secondary N) is 1. The van der Waals surface area contributed by atoms with Gasteiger partial charge in [0.2, 0.25) is 0 Å². The van der Waals surface area contributed by atoms with Gasteiger partial charge in [0.25, 0.3) is 0 Å². The van der Waals surface area contributed by atoms with Crippen molar-refractivity contribution >= 4 is 11.3 Å². The number of nitrogens with zero attached hydrogens (tertiary/aromatic N) is 2. The first kappa shape index (κ1) is 14.7. The highest BCUT2D eigenvalue weighted by Gasteiger charge is 2.24. The van der Waals surface area contributed by atoms with Crippen molar-refractivity contribution in [3.8, 4) is 0 Å². The van der Waals surface area contributed by atoms with Crippen molar-refractivity contribution in [2.75, 3.05) is 6.54 Å². The van der Waals surface area contributed by atoms with E-state index in [1.54, 1.807) is 11.3 Å². The van der Waals surface area contributed by atoms with Gasteiger partial charge in [-0.15, -0.1) is 10.2 Å². The van der Waals surface area contributed by atoms with Crippen LogP contribution in [0.5, 0.6) is 0 Å². The topological polar surface area (TPSA) is 37.8 Å². The van der Waals surface area contributed by atoms with Crippen LogP contribution in [0.1, 0.15) is 53.7 Å². The third kappa shape index (κ3) is 3.50. The first-order valence-electron chi connectivity index (χ1n) is 7.85. The highest BCUT2D eigenvalue weighted by atomic mass is 32.1. The van der Waals surface area contributed by atoms with Gasteiger partial charge >= 0.3 is 0 Å². The van der Waals surface area contributed by atoms with Gasteiger partial charge in [-0.2, -0.15) is 0 Å². The molecule has 1 unspecified atom stereocenters. The number of fused-ring (bicyclic) bond motifs is 1. The minimum Gasteiger partial charge on any atom is -0.310 e. The summed E-state index contributed by atoms with van der Waals surface area (Å²) in [6, 6.07) is 8.80. The molecule has 21 heavy (non-hydrogen) atoms. The highest BCUT2D eigenvalue weighted by Crippen LogP contribution is 2.37. The Labute approximate surface area is 130 Å². The second kappa shape index (κ2) is 6.67. The van der Waals surface area contributed by atoms with Crippen molar-refractivity contribution in [1.29, 1.82) is 0 Å². The first-order chi connectivity index (χ1) is 10.2. The summed E-state index contributed by atoms with van der Waals surface area (Å²) in [5.41, 5.74) is 2.95. The van der Waals surface area contributed by atoms with Crippen LogP contribution in [-0.2, 0) is 13.0 Å². The van der Waals surface area contributed by atoms with Crippen LogP contribution in [-0.4, -0.2) is 16.7 Å². The molecule has 3 nitrogen and oxygen atoms in total. The average molecular weight is 301 g/mol. The summed E-state index contributed by atoms with van der Waals surface area (Å²) < 4.78 is 0. The predicted molar refractivity (Wildman–Crippen MR) is 87.7 cm³/mol. The SMILES string of the molecule is CC(C)CNCc1nnc(C2CCCc3ccccc32)s1. The molecule has 0 amide bonds. The van der Waals surface area contributed by atoms with Crippen molar-refractivity contribution < 1.29 is 0 Å². The lowest BCUT2D eigenvalue weighted by atomic mass is 9.83. The molecule has 1 aromatic carbocycles. The smallest absolute Gasteiger partial charge is 0.131 e. The molecule has 0 aliphatic heterocycles. The van der Waals surface area contributed by atoms with Gasteiger partial charge in [0, 0.05) is 12.5 Å². The van der Waals surface area contributed by atoms with E-state index in [1.165, 1.54) is 35.4 Å². The molecule has 1 aromatic heterocycles. The Morgan fingerprint density at radius 1 is 1.29 bits per heavy atom. The van der Waals surface area contributed by atoms with Crippen LogP contribution in [0.2, 0.25) is 0 Å². The summed E-state index contributed by atoms with van der Waals surface area (Å²) in [7, 11) is 0. The maximum Gasteiger partial charge on any atom is 0.131 e. The van der Waals surface area contributed by atoms with Crippen LogP contribution in [0.3, 0.4) is 0 Å². The van der Waals surface area contributed by atoms with Gasteiger partial charge in [-0.3, -0.25) is 0 Å². The van der Waals surface area contributed by atoms with E-state index in [9.17, 15) is 0 Å². The molecule has 1 atom stereocenters. The van der Waals surface area contributed by atoms with E-state index in [0.717, 1.165) is 18.1 Å². The van der Waals surface area contributed by atoms with Crippen LogP contribution in [0.15, 0.2) is 24.3 Å². The zero-order valence-corrected chi connectivity index (χ0v) is 13.6. The van der Waals surface area contributed by atoms with E-state index >= 15 is 0 Å². The van der Waals surface area contributed by atoms with Crippen molar-refractivity contribution in [3.05, 3.63) is 45.4 Å². The standard InChI is InChI=1S/C17H23N3S/c1-12(2)10-18-11-16-19-20-17(21-16)15-9-5-7-13-6-3-4-8-14(13)15/h3-4,6,8,12,15,18H,5,7,9-11H2,1-2H3. The fraction of sp³-hybridized carbons (Fsp3) is 0.529. The van der Waals surface area contributed by atoms with Crippen LogP contribution in [0, 0.1) is 5.92 Å². The maximum absolute atomic E-state index is 4.47. The highest BCUT2D eigenvalue weighted by molar-refractivity contribution is 7.11. The van der Waals surface area contributed by atoms with E-state index < -0.39 is 0 Å². The summed E-state index contributed by atoms with van der Waals surface area (Å²) in [5, 5.41) is 14.6. The molecule has 3 rings (SSSR count). The summed E-state index contributed by atoms with van der Waals surface area (Å²) in [5.74, 6) is 1.12. The monoisotopic (exact) mass is 301 g/mol. The fourth-order valence-corrected chi connectivity index (χ4v) is 3.92. The van der Waals surface area contributed by atoms with E-state index in [2.05, 4.69) is 53.6 Å². The molecular weight excluding hydrogens is 278 g/mol. The molecule has 0 fully saturated rings. The molecule has 1 heterocycles. The second-order valence-electron chi connectivity index (χ2n) is 6.20. The van der Waals surface area contributed by atoms with Gasteiger partial charge in [-0.25, -0.2) is 0 Å². The fourth-order valence-electron chi connectivity index (χ4n) is 2.96. The van der Waals surface area contributed by atoms with Crippen molar-refractivity contribution in [1.82, 2.24) is 15.5 Å². The predicted octanol–water partition coefficient (Wildman–Crippen LogP) is 3.75. The van der Waals surface area contributed by atoms with Crippen molar-refractivity contribution in [3.63, 3.8) is 0 Å². The number of hydrogen-bond donors (Lipinski definition) is 1. The summed E-state index contributed by atoms with van der Waals surface area (Å²) in [4.78, 5) is 0. The molecule has 0 radical (unpaired) electrons. The molecule has 1 aliphatic carbocycles. The zero-order valence-electron chi connectivity index (χ0n) is 12.8. The van der Waals surface area contributed by atoms with Gasteiger partial charge < -0.3 is 5.32 Å². The molecule has 0 saturated carbocycles. The summed E-state index contributed by atoms with van der Waals surface area (Å²) in [6.07, 6.45) is 3.65. The van der Waals surface area contributed by atoms with Crippen LogP contribution >= 0.6 is 11.3 Å². The molecule has 0 spiro atoms. The van der Waals surface area contributed by atoms with Crippen LogP contribution in [0.25, 0.3) is 0 Å². The molecule has 0 bridgehead atoms. The van der Waals surface area contributed by atoms with Gasteiger partial charge in [-0.1, -0.05) is 49.4 Å². The average Bonchev–Trinajstić information content (AvgIpc) is 2.95. The largest absolute Gasteiger partial charge is 0.310 e. The Kier molecular flexibility index (Phi) is 4.66. The van der Waals surface area contributed by atoms with Gasteiger partial charge in [0.15, 0.2) is 0 Å². The summed E-state index contributed by atoms with van der Waals surface area (Å²) in [6.45, 7) is 6.31. The summed E-state index contributed by atoms with van der Waals surface area (Å²) >= 11 is 1.77. The van der Waals surface area contributed by atoms with E-state index in [4.69, 9.17) is 0 Å². The van der Waals surface area contributed by atoms with Crippen molar-refractivity contribution in [2.24, 2.45) is 5.92 Å². The molecule has 0 saturated heterocycles. The molecule has 1 aliphatic rings. The van der Waals surface area contributed by atoms with Gasteiger partial charge in [0.05, 0.1) is 0 Å². The Morgan fingerprint density at radius 3 is 3.00 bits per heavy atom. The normalized spacial score (nSPS) is 18.0. The minimum absolute atomic E-state index is 0.450. The molecule has 2 aromatic rings. The first-order valence-corrected chi connectivity index (χ1v) is 8.66. The third-order valence-corrected chi connectivity index (χ3v) is 5.02. The number of aryl methyl sites for hydroxylation is 1. The van der Waals surface area contributed by atoms with Gasteiger partial charge in [0.1, 0.15) is 10.0 Å². The van der Waals surface area contributed by atoms with Crippen molar-refractivity contribution in [2.45, 2.75) is 45.6 Å². The number of hydrogen-bond acceptors (Lipinski definition) is 4. The Bertz CT molecular complexity index is 591. The maximum atomic E-state index is 4.47. The lowest BCUT2D eigenvalue weighted by Gasteiger charge is -2.23. The lowest BCUT2D eigenvalue weighted by Crippen LogP contribution is -2.18. The van der Waals surface area contributed by atoms with E-state index in [0.29, 0.717) is 11.8 Å². The quantitative estimate of drug-likeness (QED) is 0.914. The second-order valence-corrected chi connectivity index (χ2v) is 7.30. The molecule has 112 valence electrons. The van der Waals surface area contributed by atoms with Crippen LogP contribution < -0.4 is 5.32 Å². The molecule has 4 heteroatoms. The van der Waals surface area contributed by atoms with Crippen LogP contribution in [0.4, 0.5) is 0 Å². The Balaban J connectivity index is 1.72. The minimum atomic E-state index is 0.450. The lowest BCUT2D eigenvalue weighted by molar-refractivity contribution is 0.550. The number of aromatic nitrogens is 2. The third-order valence-electron chi connectivity index (χ3n) is 3.98. The Hall–Kier alpha value is -1.26. The molecule has 1 N–H and O–H groups in total. The van der Waals surface area contributed by atoms with Gasteiger partial charge in [-0.05, 0) is 42.9 Å². The van der Waals surface area contributed by atoms with E-state index in [-0.39, 0.29) is 0 Å². The zero-order chi connectivity index (χ0) is 14.7. The molecular formula is C17H23N3S.